The van der Waals surface area contributed by atoms with Gasteiger partial charge in [-0.3, -0.25) is 53.1 Å². The zero-order valence-corrected chi connectivity index (χ0v) is 45.4. The number of aliphatic hydroxyl groups excluding tert-OH is 6. The molecule has 0 spiro atoms. The van der Waals surface area contributed by atoms with Crippen molar-refractivity contribution >= 4 is 71.1 Å². The van der Waals surface area contributed by atoms with Crippen LogP contribution in [0.25, 0.3) is 0 Å². The molecule has 27 N–H and O–H groups in total. The van der Waals surface area contributed by atoms with Crippen LogP contribution < -0.4 is 76.5 Å². The number of aromatic hydroxyl groups is 1. The molecule has 0 aromatic heterocycles. The van der Waals surface area contributed by atoms with E-state index in [0.29, 0.717) is 5.56 Å². The normalized spacial score (nSPS) is 15.9. The molecule has 0 radical (unpaired) electrons. The van der Waals surface area contributed by atoms with E-state index in [9.17, 15) is 88.8 Å². The smallest absolute Gasteiger partial charge is 0.326 e. The third kappa shape index (κ3) is 25.3. The number of rotatable bonds is 36. The van der Waals surface area contributed by atoms with Crippen LogP contribution >= 0.6 is 0 Å². The number of guanidine groups is 2. The molecule has 0 aliphatic carbocycles. The highest BCUT2D eigenvalue weighted by Crippen LogP contribution is 2.13. The van der Waals surface area contributed by atoms with Gasteiger partial charge in [-0.25, -0.2) is 4.79 Å². The number of amides is 9. The molecule has 1 aromatic carbocycles. The number of hydrogen-bond acceptors (Lipinski definition) is 20. The molecule has 0 fully saturated rings. The first-order valence-corrected chi connectivity index (χ1v) is 25.4. The fourth-order valence-electron chi connectivity index (χ4n) is 7.17. The first kappa shape index (κ1) is 71.0. The first-order chi connectivity index (χ1) is 37.9. The minimum atomic E-state index is -1.99. The second kappa shape index (κ2) is 35.6. The Morgan fingerprint density at radius 2 is 0.778 bits per heavy atom. The van der Waals surface area contributed by atoms with Crippen molar-refractivity contribution in [1.82, 2.24) is 47.9 Å². The van der Waals surface area contributed by atoms with Crippen LogP contribution in [-0.4, -0.2) is 224 Å². The molecule has 9 amide bonds. The predicted octanol–water partition coefficient (Wildman–Crippen LogP) is -10.4. The molecule has 0 heterocycles. The van der Waals surface area contributed by atoms with Crippen molar-refractivity contribution in [3.05, 3.63) is 29.8 Å². The number of aliphatic carboxylic acids is 1. The summed E-state index contributed by atoms with van der Waals surface area (Å²) >= 11 is 0. The highest BCUT2D eigenvalue weighted by molar-refractivity contribution is 5.99. The Kier molecular flexibility index (Phi) is 31.2. The van der Waals surface area contributed by atoms with Crippen molar-refractivity contribution in [2.24, 2.45) is 44.6 Å². The fourth-order valence-corrected chi connectivity index (χ4v) is 7.17. The fraction of sp³-hybridized carbons (Fsp3) is 0.617. The Labute approximate surface area is 465 Å². The summed E-state index contributed by atoms with van der Waals surface area (Å²) in [6, 6.07) is -12.0. The van der Waals surface area contributed by atoms with Crippen molar-refractivity contribution in [1.29, 1.82) is 0 Å². The van der Waals surface area contributed by atoms with Crippen molar-refractivity contribution < 1.29 is 88.8 Å². The third-order valence-corrected chi connectivity index (χ3v) is 11.7. The van der Waals surface area contributed by atoms with Gasteiger partial charge in [0.05, 0.1) is 38.1 Å². The van der Waals surface area contributed by atoms with Gasteiger partial charge < -0.3 is 117 Å². The Bertz CT molecular complexity index is 2330. The van der Waals surface area contributed by atoms with Crippen molar-refractivity contribution in [3.63, 3.8) is 0 Å². The average Bonchev–Trinajstić information content (AvgIpc) is 3.39. The molecule has 13 atom stereocenters. The quantitative estimate of drug-likeness (QED) is 0.0169. The summed E-state index contributed by atoms with van der Waals surface area (Å²) in [5.74, 6) is -13.3. The Morgan fingerprint density at radius 1 is 0.457 bits per heavy atom. The zero-order chi connectivity index (χ0) is 61.8. The lowest BCUT2D eigenvalue weighted by Gasteiger charge is -2.29. The second-order valence-electron chi connectivity index (χ2n) is 19.0. The lowest BCUT2D eigenvalue weighted by atomic mass is 10.0. The van der Waals surface area contributed by atoms with Crippen molar-refractivity contribution in [3.8, 4) is 5.75 Å². The number of phenolic OH excluding ortho intramolecular Hbond substituents is 1. The molecule has 0 aliphatic heterocycles. The molecule has 0 saturated heterocycles. The Balaban J connectivity index is 3.49. The number of carboxylic acids is 1. The van der Waals surface area contributed by atoms with E-state index < -0.39 is 164 Å². The van der Waals surface area contributed by atoms with Gasteiger partial charge in [0.1, 0.15) is 66.2 Å². The summed E-state index contributed by atoms with van der Waals surface area (Å²) in [4.78, 5) is 141. The molecule has 0 bridgehead atoms. The lowest BCUT2D eigenvalue weighted by Crippen LogP contribution is -2.64. The minimum absolute atomic E-state index is 0.0184. The maximum Gasteiger partial charge on any atom is 0.326 e. The van der Waals surface area contributed by atoms with Gasteiger partial charge in [-0.15, -0.1) is 0 Å². The first-order valence-electron chi connectivity index (χ1n) is 25.4. The number of carbonyl (C=O) groups is 10. The number of carbonyl (C=O) groups excluding carboxylic acids is 9. The topological polar surface area (TPSA) is 596 Å². The Morgan fingerprint density at radius 3 is 1.15 bits per heavy atom. The number of phenols is 1. The zero-order valence-electron chi connectivity index (χ0n) is 45.4. The van der Waals surface area contributed by atoms with Gasteiger partial charge in [0.25, 0.3) is 0 Å². The highest BCUT2D eigenvalue weighted by Gasteiger charge is 2.38. The van der Waals surface area contributed by atoms with Crippen LogP contribution in [-0.2, 0) is 54.4 Å². The van der Waals surface area contributed by atoms with E-state index in [1.165, 1.54) is 38.1 Å². The minimum Gasteiger partial charge on any atom is -0.508 e. The maximum atomic E-state index is 13.9. The number of aliphatic hydroxyl groups is 6. The third-order valence-electron chi connectivity index (χ3n) is 11.7. The molecule has 1 rings (SSSR count). The lowest BCUT2D eigenvalue weighted by molar-refractivity contribution is -0.143. The number of hydrogen-bond donors (Lipinski definition) is 22. The van der Waals surface area contributed by atoms with Gasteiger partial charge in [0.2, 0.25) is 53.2 Å². The molecule has 34 nitrogen and oxygen atoms in total. The van der Waals surface area contributed by atoms with Crippen LogP contribution in [0.15, 0.2) is 34.3 Å². The average molecular weight is 1160 g/mol. The van der Waals surface area contributed by atoms with Crippen LogP contribution in [0.5, 0.6) is 5.75 Å². The van der Waals surface area contributed by atoms with Gasteiger partial charge in [0.15, 0.2) is 11.9 Å². The molecular weight excluding hydrogens is 1080 g/mol. The summed E-state index contributed by atoms with van der Waals surface area (Å²) in [5, 5.41) is 101. The van der Waals surface area contributed by atoms with Gasteiger partial charge in [-0.1, -0.05) is 26.0 Å². The van der Waals surface area contributed by atoms with E-state index in [-0.39, 0.29) is 62.9 Å². The number of benzene rings is 1. The SMILES string of the molecule is CC(C)[C@H](NC(=O)[C@H](CCCN=C(N)N)NC(=O)[C@@H](NC(=O)[C@H](CO)NC(=O)[C@H](CCCN=C(N)N)NC(=O)[C@@H](NC(=O)[C@@H](NC(=O)[C@H](Cc1ccc(O)cc1)NC(=O)[C@H](CO)NC(=O)[C@@H](N)CO)[C@@H](C)O)[C@@H](C)O)[C@@H](C)O)C(=O)O. The van der Waals surface area contributed by atoms with Crippen LogP contribution in [0.2, 0.25) is 0 Å². The highest BCUT2D eigenvalue weighted by atomic mass is 16.4. The number of carboxylic acid groups (broad SMARTS) is 1. The van der Waals surface area contributed by atoms with Crippen molar-refractivity contribution in [2.45, 2.75) is 145 Å². The van der Waals surface area contributed by atoms with Crippen LogP contribution in [0.1, 0.15) is 65.9 Å². The summed E-state index contributed by atoms with van der Waals surface area (Å²) in [5.41, 5.74) is 27.4. The van der Waals surface area contributed by atoms with Gasteiger partial charge in [-0.2, -0.15) is 0 Å². The molecule has 1 aromatic rings. The number of nitrogens with two attached hydrogens (primary N) is 5. The summed E-state index contributed by atoms with van der Waals surface area (Å²) in [6.45, 7) is 3.06. The molecule has 81 heavy (non-hydrogen) atoms. The predicted molar refractivity (Wildman–Crippen MR) is 286 cm³/mol. The Hall–Kier alpha value is -8.02. The maximum absolute atomic E-state index is 13.9. The van der Waals surface area contributed by atoms with E-state index in [1.54, 1.807) is 0 Å². The monoisotopic (exact) mass is 1160 g/mol. The number of nitrogens with one attached hydrogen (secondary N) is 9. The van der Waals surface area contributed by atoms with E-state index >= 15 is 0 Å². The van der Waals surface area contributed by atoms with E-state index in [1.807, 2.05) is 0 Å². The van der Waals surface area contributed by atoms with Gasteiger partial charge in [0, 0.05) is 19.5 Å². The number of aliphatic imine (C=N–C) groups is 2. The molecule has 0 unspecified atom stereocenters. The number of nitrogens with zero attached hydrogens (tertiary/aromatic N) is 2. The van der Waals surface area contributed by atoms with Gasteiger partial charge >= 0.3 is 5.97 Å². The van der Waals surface area contributed by atoms with E-state index in [4.69, 9.17) is 28.7 Å². The summed E-state index contributed by atoms with van der Waals surface area (Å²) in [6.07, 6.45) is -6.16. The van der Waals surface area contributed by atoms with Crippen molar-refractivity contribution in [2.75, 3.05) is 32.9 Å². The molecule has 34 heteroatoms. The second-order valence-corrected chi connectivity index (χ2v) is 19.0. The molecule has 456 valence electrons. The van der Waals surface area contributed by atoms with Crippen LogP contribution in [0.4, 0.5) is 0 Å². The van der Waals surface area contributed by atoms with Crippen LogP contribution in [0.3, 0.4) is 0 Å². The van der Waals surface area contributed by atoms with Gasteiger partial charge in [-0.05, 0) is 70.1 Å². The standard InChI is InChI=1S/C47H80N16O18/c1-20(2)32(45(80)81)60-38(73)28(9-7-15-54-47(51)52)56-42(77)33(21(3)67)62-41(76)31(19-66)59-37(72)27(8-6-14-53-46(49)50)55-43(78)34(22(4)68)63-44(79)35(23(5)69)61-39(74)29(16-24-10-12-25(70)13-11-24)57-40(75)30(18-65)58-36(71)26(48)17-64/h10-13,20-23,26-35,64-70H,6-9,14-19,48H2,1-5H3,(H,55,78)(H,56,77)(H,57,75)(H,58,71)(H,59,72)(H,60,73)(H,61,74)(H,62,76)(H,63,79)(H,80,81)(H4,49,50,53)(H4,51,52,54)/t21-,22-,23-,26+,27+,28+,29+,30+,31+,32+,33+,34+,35+/m1/s1. The summed E-state index contributed by atoms with van der Waals surface area (Å²) < 4.78 is 0. The summed E-state index contributed by atoms with van der Waals surface area (Å²) in [7, 11) is 0. The van der Waals surface area contributed by atoms with Crippen LogP contribution in [0, 0.1) is 5.92 Å². The van der Waals surface area contributed by atoms with E-state index in [0.717, 1.165) is 20.8 Å². The van der Waals surface area contributed by atoms with E-state index in [2.05, 4.69) is 57.8 Å². The molecular formula is C47H80N16O18. The largest absolute Gasteiger partial charge is 0.508 e. The molecule has 0 saturated carbocycles. The molecule has 0 aliphatic rings.